The number of rotatable bonds is 9. The van der Waals surface area contributed by atoms with Crippen molar-refractivity contribution < 1.29 is 0 Å². The summed E-state index contributed by atoms with van der Waals surface area (Å²) in [6.45, 7) is 14.2. The van der Waals surface area contributed by atoms with Crippen LogP contribution in [0.2, 0.25) is 0 Å². The summed E-state index contributed by atoms with van der Waals surface area (Å²) in [4.78, 5) is 2.88. The van der Waals surface area contributed by atoms with E-state index in [1.54, 1.807) is 25.7 Å². The Kier molecular flexibility index (Phi) is 7.04. The maximum atomic E-state index is 2.88. The van der Waals surface area contributed by atoms with Gasteiger partial charge in [0.15, 0.2) is 0 Å². The van der Waals surface area contributed by atoms with Crippen molar-refractivity contribution >= 4 is 0 Å². The fraction of sp³-hybridized carbons (Fsp3) is 1.00. The smallest absolute Gasteiger partial charge is 0.00125 e. The van der Waals surface area contributed by atoms with Gasteiger partial charge in [-0.2, -0.15) is 0 Å². The Labute approximate surface area is 182 Å². The van der Waals surface area contributed by atoms with Gasteiger partial charge in [-0.1, -0.05) is 59.8 Å². The second kappa shape index (κ2) is 9.22. The molecule has 1 spiro atoms. The van der Waals surface area contributed by atoms with Crippen molar-refractivity contribution in [3.63, 3.8) is 0 Å². The lowest BCUT2D eigenvalue weighted by atomic mass is 9.53. The molecule has 1 heterocycles. The van der Waals surface area contributed by atoms with Gasteiger partial charge >= 0.3 is 0 Å². The highest BCUT2D eigenvalue weighted by molar-refractivity contribution is 4.97. The molecule has 2 bridgehead atoms. The van der Waals surface area contributed by atoms with Gasteiger partial charge in [0, 0.05) is 13.1 Å². The zero-order chi connectivity index (χ0) is 20.5. The van der Waals surface area contributed by atoms with Gasteiger partial charge in [0.2, 0.25) is 0 Å². The van der Waals surface area contributed by atoms with E-state index in [9.17, 15) is 0 Å². The van der Waals surface area contributed by atoms with Gasteiger partial charge in [-0.25, -0.2) is 0 Å². The number of fused-ring (bicyclic) bond motifs is 2. The lowest BCUT2D eigenvalue weighted by Gasteiger charge is -2.52. The quantitative estimate of drug-likeness (QED) is 0.379. The van der Waals surface area contributed by atoms with Crippen molar-refractivity contribution in [3.8, 4) is 0 Å². The normalized spacial score (nSPS) is 33.7. The van der Waals surface area contributed by atoms with E-state index in [1.165, 1.54) is 83.8 Å². The molecule has 0 amide bonds. The molecular formula is C28H51N. The zero-order valence-corrected chi connectivity index (χ0v) is 20.4. The first-order valence-electron chi connectivity index (χ1n) is 13.6. The van der Waals surface area contributed by atoms with Crippen LogP contribution in [-0.4, -0.2) is 24.5 Å². The van der Waals surface area contributed by atoms with Gasteiger partial charge < -0.3 is 4.90 Å². The minimum atomic E-state index is 0.548. The van der Waals surface area contributed by atoms with Crippen LogP contribution in [-0.2, 0) is 0 Å². The number of hydrogen-bond acceptors (Lipinski definition) is 1. The highest BCUT2D eigenvalue weighted by Crippen LogP contribution is 2.57. The molecule has 3 aliphatic carbocycles. The molecule has 29 heavy (non-hydrogen) atoms. The van der Waals surface area contributed by atoms with E-state index in [2.05, 4.69) is 32.6 Å². The molecule has 0 aromatic rings. The van der Waals surface area contributed by atoms with E-state index >= 15 is 0 Å². The average Bonchev–Trinajstić information content (AvgIpc) is 2.88. The zero-order valence-electron chi connectivity index (χ0n) is 20.4. The fourth-order valence-corrected chi connectivity index (χ4v) is 8.44. The Morgan fingerprint density at radius 2 is 1.66 bits per heavy atom. The molecule has 1 saturated heterocycles. The maximum Gasteiger partial charge on any atom is 0.00125 e. The van der Waals surface area contributed by atoms with E-state index in [0.717, 1.165) is 35.0 Å². The van der Waals surface area contributed by atoms with Gasteiger partial charge in [0.1, 0.15) is 0 Å². The molecule has 4 aliphatic rings. The summed E-state index contributed by atoms with van der Waals surface area (Å²) in [5.41, 5.74) is 1.36. The highest BCUT2D eigenvalue weighted by Gasteiger charge is 2.46. The van der Waals surface area contributed by atoms with Gasteiger partial charge in [-0.15, -0.1) is 0 Å². The third-order valence-corrected chi connectivity index (χ3v) is 9.86. The van der Waals surface area contributed by atoms with Crippen LogP contribution in [0.1, 0.15) is 118 Å². The maximum absolute atomic E-state index is 2.88. The van der Waals surface area contributed by atoms with Crippen molar-refractivity contribution in [1.29, 1.82) is 0 Å². The number of likely N-dealkylation sites (tertiary alicyclic amines) is 1. The molecule has 3 saturated carbocycles. The molecule has 0 aromatic heterocycles. The lowest BCUT2D eigenvalue weighted by molar-refractivity contribution is -0.0101. The van der Waals surface area contributed by atoms with E-state index in [-0.39, 0.29) is 0 Å². The molecule has 1 nitrogen and oxygen atoms in total. The summed E-state index contributed by atoms with van der Waals surface area (Å²) in [6, 6.07) is 0. The molecule has 3 atom stereocenters. The van der Waals surface area contributed by atoms with Crippen LogP contribution in [0, 0.1) is 40.4 Å². The number of hydrogen-bond donors (Lipinski definition) is 0. The Hall–Kier alpha value is -0.0400. The van der Waals surface area contributed by atoms with Crippen LogP contribution >= 0.6 is 0 Å². The molecule has 1 heteroatoms. The SMILES string of the molecule is CCCC(C)CC1C2CCC1CN(CCC(C)(C)CC1CC3(CCCCC3)C1)C2. The van der Waals surface area contributed by atoms with Crippen LogP contribution in [0.5, 0.6) is 0 Å². The summed E-state index contributed by atoms with van der Waals surface area (Å²) in [5.74, 6) is 5.10. The monoisotopic (exact) mass is 401 g/mol. The summed E-state index contributed by atoms with van der Waals surface area (Å²) in [7, 11) is 0. The second-order valence-corrected chi connectivity index (χ2v) is 13.1. The molecule has 0 aromatic carbocycles. The molecule has 4 fully saturated rings. The standard InChI is InChI=1S/C28H51N/c1-5-9-22(2)16-26-24-10-11-25(26)21-29(20-24)15-14-27(3,4)17-23-18-28(19-23)12-7-6-8-13-28/h22-26H,5-21H2,1-4H3. The highest BCUT2D eigenvalue weighted by atomic mass is 15.1. The van der Waals surface area contributed by atoms with E-state index in [0.29, 0.717) is 5.41 Å². The van der Waals surface area contributed by atoms with Crippen LogP contribution < -0.4 is 0 Å². The summed E-state index contributed by atoms with van der Waals surface area (Å²) >= 11 is 0. The van der Waals surface area contributed by atoms with Crippen LogP contribution in [0.4, 0.5) is 0 Å². The Morgan fingerprint density at radius 1 is 1.00 bits per heavy atom. The molecule has 0 N–H and O–H groups in total. The Morgan fingerprint density at radius 3 is 2.28 bits per heavy atom. The molecule has 168 valence electrons. The topological polar surface area (TPSA) is 3.24 Å². The van der Waals surface area contributed by atoms with Gasteiger partial charge in [-0.3, -0.25) is 0 Å². The molecule has 4 rings (SSSR count). The van der Waals surface area contributed by atoms with Crippen molar-refractivity contribution in [2.24, 2.45) is 40.4 Å². The first-order valence-corrected chi connectivity index (χ1v) is 13.6. The summed E-state index contributed by atoms with van der Waals surface area (Å²) < 4.78 is 0. The fourth-order valence-electron chi connectivity index (χ4n) is 8.44. The van der Waals surface area contributed by atoms with E-state index in [4.69, 9.17) is 0 Å². The van der Waals surface area contributed by atoms with Crippen molar-refractivity contribution in [2.45, 2.75) is 118 Å². The van der Waals surface area contributed by atoms with Crippen molar-refractivity contribution in [2.75, 3.05) is 19.6 Å². The minimum absolute atomic E-state index is 0.548. The molecular weight excluding hydrogens is 350 g/mol. The first kappa shape index (κ1) is 22.2. The van der Waals surface area contributed by atoms with E-state index < -0.39 is 0 Å². The summed E-state index contributed by atoms with van der Waals surface area (Å²) in [6.07, 6.45) is 21.1. The van der Waals surface area contributed by atoms with Gasteiger partial charge in [-0.05, 0) is 105 Å². The van der Waals surface area contributed by atoms with Crippen LogP contribution in [0.3, 0.4) is 0 Å². The van der Waals surface area contributed by atoms with Crippen molar-refractivity contribution in [3.05, 3.63) is 0 Å². The largest absolute Gasteiger partial charge is 0.303 e. The molecule has 1 aliphatic heterocycles. The summed E-state index contributed by atoms with van der Waals surface area (Å²) in [5, 5.41) is 0. The van der Waals surface area contributed by atoms with Gasteiger partial charge in [0.25, 0.3) is 0 Å². The third-order valence-electron chi connectivity index (χ3n) is 9.86. The molecule has 3 unspecified atom stereocenters. The minimum Gasteiger partial charge on any atom is -0.303 e. The Balaban J connectivity index is 1.19. The van der Waals surface area contributed by atoms with Crippen molar-refractivity contribution in [1.82, 2.24) is 4.90 Å². The first-order chi connectivity index (χ1) is 13.9. The second-order valence-electron chi connectivity index (χ2n) is 13.1. The molecule has 0 radical (unpaired) electrons. The predicted octanol–water partition coefficient (Wildman–Crippen LogP) is 7.94. The van der Waals surface area contributed by atoms with Crippen LogP contribution in [0.15, 0.2) is 0 Å². The van der Waals surface area contributed by atoms with Crippen LogP contribution in [0.25, 0.3) is 0 Å². The van der Waals surface area contributed by atoms with E-state index in [1.807, 2.05) is 0 Å². The predicted molar refractivity (Wildman–Crippen MR) is 126 cm³/mol. The van der Waals surface area contributed by atoms with Gasteiger partial charge in [0.05, 0.1) is 0 Å². The lowest BCUT2D eigenvalue weighted by Crippen LogP contribution is -2.44. The third kappa shape index (κ3) is 5.42. The number of piperidine rings is 1. The number of nitrogens with zero attached hydrogens (tertiary/aromatic N) is 1. The Bertz CT molecular complexity index is 494. The average molecular weight is 402 g/mol.